The first-order valence-electron chi connectivity index (χ1n) is 5.59. The van der Waals surface area contributed by atoms with Gasteiger partial charge in [-0.05, 0) is 10.8 Å². The van der Waals surface area contributed by atoms with Crippen molar-refractivity contribution in [2.24, 2.45) is 0 Å². The van der Waals surface area contributed by atoms with Crippen molar-refractivity contribution in [1.29, 1.82) is 0 Å². The van der Waals surface area contributed by atoms with E-state index in [1.165, 1.54) is 11.1 Å². The zero-order valence-electron chi connectivity index (χ0n) is 12.0. The van der Waals surface area contributed by atoms with Gasteiger partial charge in [0.15, 0.2) is 0 Å². The summed E-state index contributed by atoms with van der Waals surface area (Å²) in [6, 6.07) is 6.69. The van der Waals surface area contributed by atoms with Crippen LogP contribution in [0.5, 0.6) is 0 Å². The van der Waals surface area contributed by atoms with E-state index in [0.717, 1.165) is 5.56 Å². The maximum Gasteiger partial charge on any atom is 2.00 e. The van der Waals surface area contributed by atoms with E-state index in [2.05, 4.69) is 66.7 Å². The van der Waals surface area contributed by atoms with E-state index in [1.54, 1.807) is 0 Å². The molecule has 0 aliphatic heterocycles. The van der Waals surface area contributed by atoms with E-state index < -0.39 is 0 Å². The van der Waals surface area contributed by atoms with Crippen molar-refractivity contribution in [1.82, 2.24) is 0 Å². The summed E-state index contributed by atoms with van der Waals surface area (Å²) in [6.45, 7) is 17.5. The molecular formula is C15H23BrZn. The van der Waals surface area contributed by atoms with Crippen LogP contribution in [0, 0.1) is 6.92 Å². The molecular weight excluding hydrogens is 325 g/mol. The van der Waals surface area contributed by atoms with Gasteiger partial charge in [0.1, 0.15) is 0 Å². The summed E-state index contributed by atoms with van der Waals surface area (Å²) in [7, 11) is 0. The molecule has 0 fully saturated rings. The molecule has 0 radical (unpaired) electrons. The molecule has 17 heavy (non-hydrogen) atoms. The zero-order chi connectivity index (χ0) is 11.9. The number of benzene rings is 1. The second-order valence-electron chi connectivity index (χ2n) is 6.42. The minimum absolute atomic E-state index is 0. The van der Waals surface area contributed by atoms with Crippen LogP contribution in [-0.2, 0) is 30.3 Å². The Hall–Kier alpha value is 0.193. The van der Waals surface area contributed by atoms with Crippen molar-refractivity contribution in [3.05, 3.63) is 41.8 Å². The molecule has 92 valence electrons. The van der Waals surface area contributed by atoms with Gasteiger partial charge in [0, 0.05) is 0 Å². The van der Waals surface area contributed by atoms with Crippen LogP contribution >= 0.6 is 0 Å². The van der Waals surface area contributed by atoms with Gasteiger partial charge in [0.05, 0.1) is 0 Å². The quantitative estimate of drug-likeness (QED) is 0.492. The molecule has 0 aliphatic rings. The largest absolute Gasteiger partial charge is 2.00 e. The van der Waals surface area contributed by atoms with Crippen LogP contribution in [-0.4, -0.2) is 0 Å². The fourth-order valence-electron chi connectivity index (χ4n) is 1.56. The zero-order valence-corrected chi connectivity index (χ0v) is 16.6. The van der Waals surface area contributed by atoms with Crippen molar-refractivity contribution in [3.8, 4) is 0 Å². The fraction of sp³-hybridized carbons (Fsp3) is 0.533. The molecule has 2 heteroatoms. The molecule has 0 nitrogen and oxygen atoms in total. The smallest absolute Gasteiger partial charge is 1.00 e. The number of hydrogen-bond acceptors (Lipinski definition) is 0. The second kappa shape index (κ2) is 6.39. The van der Waals surface area contributed by atoms with Crippen molar-refractivity contribution in [2.75, 3.05) is 0 Å². The molecule has 0 saturated carbocycles. The maximum absolute atomic E-state index is 4.07. The standard InChI is InChI=1S/C15H23.BrH.Zn/c1-11-8-12(14(2,3)4)10-13(9-11)15(5,6)7;;/h8-10H,1H2,2-7H3;1H;/q-1;;+2/p-1. The summed E-state index contributed by atoms with van der Waals surface area (Å²) in [5.41, 5.74) is 4.27. The Labute approximate surface area is 130 Å². The van der Waals surface area contributed by atoms with Crippen LogP contribution in [0.4, 0.5) is 0 Å². The van der Waals surface area contributed by atoms with Gasteiger partial charge in [-0.1, -0.05) is 58.7 Å². The predicted octanol–water partition coefficient (Wildman–Crippen LogP) is 1.47. The Bertz CT molecular complexity index is 324. The van der Waals surface area contributed by atoms with Crippen molar-refractivity contribution >= 4 is 0 Å². The van der Waals surface area contributed by atoms with Gasteiger partial charge in [-0.2, -0.15) is 24.6 Å². The molecule has 0 unspecified atom stereocenters. The summed E-state index contributed by atoms with van der Waals surface area (Å²) >= 11 is 0. The first-order chi connectivity index (χ1) is 6.60. The predicted molar refractivity (Wildman–Crippen MR) is 68.3 cm³/mol. The summed E-state index contributed by atoms with van der Waals surface area (Å²) in [4.78, 5) is 0. The minimum atomic E-state index is 0. The Morgan fingerprint density at radius 1 is 0.765 bits per heavy atom. The topological polar surface area (TPSA) is 0 Å². The van der Waals surface area contributed by atoms with Crippen LogP contribution in [0.2, 0.25) is 0 Å². The van der Waals surface area contributed by atoms with Gasteiger partial charge < -0.3 is 17.0 Å². The number of hydrogen-bond donors (Lipinski definition) is 0. The molecule has 0 amide bonds. The van der Waals surface area contributed by atoms with Crippen molar-refractivity contribution in [3.63, 3.8) is 0 Å². The van der Waals surface area contributed by atoms with Crippen LogP contribution < -0.4 is 17.0 Å². The summed E-state index contributed by atoms with van der Waals surface area (Å²) < 4.78 is 0. The normalized spacial score (nSPS) is 11.4. The van der Waals surface area contributed by atoms with Crippen molar-refractivity contribution in [2.45, 2.75) is 52.4 Å². The number of halogens is 1. The molecule has 0 aliphatic carbocycles. The van der Waals surface area contributed by atoms with E-state index in [0.29, 0.717) is 0 Å². The van der Waals surface area contributed by atoms with Gasteiger partial charge in [0.2, 0.25) is 0 Å². The van der Waals surface area contributed by atoms with Gasteiger partial charge >= 0.3 is 19.5 Å². The third kappa shape index (κ3) is 5.57. The van der Waals surface area contributed by atoms with E-state index in [9.17, 15) is 0 Å². The van der Waals surface area contributed by atoms with E-state index in [-0.39, 0.29) is 47.3 Å². The Balaban J connectivity index is 0. The Morgan fingerprint density at radius 2 is 1.06 bits per heavy atom. The van der Waals surface area contributed by atoms with Gasteiger partial charge in [0.25, 0.3) is 0 Å². The van der Waals surface area contributed by atoms with E-state index >= 15 is 0 Å². The monoisotopic (exact) mass is 346 g/mol. The average molecular weight is 349 g/mol. The fourth-order valence-corrected chi connectivity index (χ4v) is 1.56. The molecule has 0 N–H and O–H groups in total. The molecule has 0 aromatic heterocycles. The van der Waals surface area contributed by atoms with Gasteiger partial charge in [-0.25, -0.2) is 0 Å². The van der Waals surface area contributed by atoms with Crippen molar-refractivity contribution < 1.29 is 36.5 Å². The van der Waals surface area contributed by atoms with Gasteiger partial charge in [-0.3, -0.25) is 0 Å². The maximum atomic E-state index is 4.07. The molecule has 1 aromatic rings. The van der Waals surface area contributed by atoms with Gasteiger partial charge in [-0.15, -0.1) is 0 Å². The average Bonchev–Trinajstić information content (AvgIpc) is 1.99. The third-order valence-electron chi connectivity index (χ3n) is 2.72. The molecule has 0 heterocycles. The second-order valence-corrected chi connectivity index (χ2v) is 6.42. The molecule has 0 bridgehead atoms. The number of rotatable bonds is 0. The molecule has 1 aromatic carbocycles. The van der Waals surface area contributed by atoms with Crippen LogP contribution in [0.1, 0.15) is 58.2 Å². The SMILES string of the molecule is [Br-].[CH2-]c1cc(C(C)(C)C)cc(C(C)(C)C)c1.[Zn+2]. The Kier molecular flexibility index (Phi) is 7.34. The summed E-state index contributed by atoms with van der Waals surface area (Å²) in [5, 5.41) is 0. The molecule has 0 atom stereocenters. The first-order valence-corrected chi connectivity index (χ1v) is 5.59. The van der Waals surface area contributed by atoms with E-state index in [4.69, 9.17) is 0 Å². The van der Waals surface area contributed by atoms with Crippen LogP contribution in [0.25, 0.3) is 0 Å². The summed E-state index contributed by atoms with van der Waals surface area (Å²) in [6.07, 6.45) is 0. The molecule has 0 saturated heterocycles. The van der Waals surface area contributed by atoms with Crippen LogP contribution in [0.15, 0.2) is 18.2 Å². The summed E-state index contributed by atoms with van der Waals surface area (Å²) in [5.74, 6) is 0. The Morgan fingerprint density at radius 3 is 1.29 bits per heavy atom. The third-order valence-corrected chi connectivity index (χ3v) is 2.72. The minimum Gasteiger partial charge on any atom is -1.00 e. The molecule has 0 spiro atoms. The van der Waals surface area contributed by atoms with Crippen LogP contribution in [0.3, 0.4) is 0 Å². The first kappa shape index (κ1) is 19.5. The molecule has 1 rings (SSSR count). The van der Waals surface area contributed by atoms with E-state index in [1.807, 2.05) is 0 Å².